The van der Waals surface area contributed by atoms with Crippen molar-refractivity contribution in [2.75, 3.05) is 5.75 Å². The monoisotopic (exact) mass is 552 g/mol. The summed E-state index contributed by atoms with van der Waals surface area (Å²) >= 11 is 0. The first-order valence-corrected chi connectivity index (χ1v) is 15.0. The average molecular weight is 553 g/mol. The van der Waals surface area contributed by atoms with Crippen LogP contribution in [0.4, 0.5) is 0 Å². The van der Waals surface area contributed by atoms with Crippen LogP contribution in [0, 0.1) is 10.8 Å². The van der Waals surface area contributed by atoms with Gasteiger partial charge in [0.05, 0.1) is 0 Å². The third-order valence-electron chi connectivity index (χ3n) is 7.91. The van der Waals surface area contributed by atoms with Crippen molar-refractivity contribution >= 4 is 39.2 Å². The number of aldehydes is 1. The van der Waals surface area contributed by atoms with Gasteiger partial charge in [-0.3, -0.25) is 9.35 Å². The normalized spacial score (nSPS) is 18.1. The SMILES string of the molecule is CC1=CC(C)(C)C=c2cc3c(cc21)=C(c1ccccc1C=O)c1cc2c(cc1O3)CC(C)(C)C=C2CS(=O)(=O)O. The molecule has 0 spiro atoms. The summed E-state index contributed by atoms with van der Waals surface area (Å²) in [5.41, 5.74) is 7.16. The predicted octanol–water partition coefficient (Wildman–Crippen LogP) is 5.93. The maximum Gasteiger partial charge on any atom is 0.269 e. The molecule has 0 fully saturated rings. The zero-order valence-electron chi connectivity index (χ0n) is 23.3. The number of allylic oxidation sites excluding steroid dienone is 3. The van der Waals surface area contributed by atoms with Crippen molar-refractivity contribution in [3.05, 3.63) is 105 Å². The quantitative estimate of drug-likeness (QED) is 0.251. The Labute approximate surface area is 235 Å². The van der Waals surface area contributed by atoms with E-state index in [9.17, 15) is 17.8 Å². The Hall–Kier alpha value is -3.74. The van der Waals surface area contributed by atoms with E-state index in [1.165, 1.54) is 5.57 Å². The first-order chi connectivity index (χ1) is 18.7. The predicted molar refractivity (Wildman–Crippen MR) is 159 cm³/mol. The molecular weight excluding hydrogens is 520 g/mol. The van der Waals surface area contributed by atoms with E-state index in [4.69, 9.17) is 4.74 Å². The van der Waals surface area contributed by atoms with E-state index in [0.29, 0.717) is 29.1 Å². The molecular formula is C34H32O5S. The van der Waals surface area contributed by atoms with Crippen molar-refractivity contribution in [2.24, 2.45) is 10.8 Å². The van der Waals surface area contributed by atoms with Gasteiger partial charge in [0.15, 0.2) is 6.29 Å². The minimum Gasteiger partial charge on any atom is -0.456 e. The van der Waals surface area contributed by atoms with Crippen LogP contribution in [0.1, 0.15) is 72.8 Å². The summed E-state index contributed by atoms with van der Waals surface area (Å²) in [5.74, 6) is 0.906. The fourth-order valence-electron chi connectivity index (χ4n) is 6.55. The number of ether oxygens (including phenoxy) is 1. The summed E-state index contributed by atoms with van der Waals surface area (Å²) in [6, 6.07) is 15.7. The van der Waals surface area contributed by atoms with Crippen LogP contribution < -0.4 is 15.2 Å². The molecule has 3 aromatic rings. The number of hydrogen-bond acceptors (Lipinski definition) is 4. The van der Waals surface area contributed by atoms with Crippen LogP contribution in [0.15, 0.2) is 60.7 Å². The molecule has 1 N–H and O–H groups in total. The molecule has 0 amide bonds. The van der Waals surface area contributed by atoms with Gasteiger partial charge in [0.2, 0.25) is 0 Å². The molecule has 0 unspecified atom stereocenters. The molecule has 40 heavy (non-hydrogen) atoms. The lowest BCUT2D eigenvalue weighted by Gasteiger charge is -2.32. The van der Waals surface area contributed by atoms with Crippen LogP contribution in [-0.2, 0) is 16.5 Å². The molecule has 0 radical (unpaired) electrons. The fraction of sp³-hybridized carbons (Fsp3) is 0.265. The van der Waals surface area contributed by atoms with Gasteiger partial charge in [0.1, 0.15) is 17.3 Å². The van der Waals surface area contributed by atoms with Crippen LogP contribution in [0.25, 0.3) is 22.8 Å². The summed E-state index contributed by atoms with van der Waals surface area (Å²) < 4.78 is 40.4. The topological polar surface area (TPSA) is 80.7 Å². The van der Waals surface area contributed by atoms with Gasteiger partial charge in [-0.05, 0) is 81.6 Å². The largest absolute Gasteiger partial charge is 0.456 e. The van der Waals surface area contributed by atoms with Gasteiger partial charge in [0.25, 0.3) is 10.1 Å². The average Bonchev–Trinajstić information content (AvgIpc) is 2.83. The van der Waals surface area contributed by atoms with Crippen LogP contribution in [0.3, 0.4) is 0 Å². The van der Waals surface area contributed by atoms with E-state index >= 15 is 0 Å². The lowest BCUT2D eigenvalue weighted by atomic mass is 9.75. The highest BCUT2D eigenvalue weighted by Gasteiger charge is 2.31. The van der Waals surface area contributed by atoms with Gasteiger partial charge in [-0.1, -0.05) is 70.2 Å². The number of benzene rings is 3. The van der Waals surface area contributed by atoms with Gasteiger partial charge < -0.3 is 4.74 Å². The summed E-state index contributed by atoms with van der Waals surface area (Å²) in [6.07, 6.45) is 7.99. The number of hydrogen-bond donors (Lipinski definition) is 1. The van der Waals surface area contributed by atoms with E-state index in [1.807, 2.05) is 50.3 Å². The Morgan fingerprint density at radius 3 is 2.38 bits per heavy atom. The number of rotatable bonds is 4. The highest BCUT2D eigenvalue weighted by Crippen LogP contribution is 2.44. The minimum absolute atomic E-state index is 0.0883. The van der Waals surface area contributed by atoms with Crippen LogP contribution in [-0.4, -0.2) is 25.0 Å². The van der Waals surface area contributed by atoms with Gasteiger partial charge >= 0.3 is 0 Å². The Morgan fingerprint density at radius 1 is 0.900 bits per heavy atom. The molecule has 2 aliphatic carbocycles. The number of fused-ring (bicyclic) bond motifs is 4. The van der Waals surface area contributed by atoms with Crippen LogP contribution in [0.5, 0.6) is 11.5 Å². The summed E-state index contributed by atoms with van der Waals surface area (Å²) in [4.78, 5) is 12.2. The first kappa shape index (κ1) is 26.5. The summed E-state index contributed by atoms with van der Waals surface area (Å²) in [5, 5.41) is 1.98. The maximum atomic E-state index is 12.2. The molecule has 0 saturated carbocycles. The molecule has 5 nitrogen and oxygen atoms in total. The molecule has 3 aromatic carbocycles. The molecule has 3 aliphatic rings. The maximum absolute atomic E-state index is 12.2. The van der Waals surface area contributed by atoms with Gasteiger partial charge in [-0.15, -0.1) is 0 Å². The molecule has 204 valence electrons. The van der Waals surface area contributed by atoms with Crippen molar-refractivity contribution < 1.29 is 22.5 Å². The first-order valence-electron chi connectivity index (χ1n) is 13.4. The number of carbonyl (C=O) groups is 1. The van der Waals surface area contributed by atoms with Crippen molar-refractivity contribution in [3.8, 4) is 11.5 Å². The summed E-state index contributed by atoms with van der Waals surface area (Å²) in [7, 11) is -4.25. The zero-order valence-corrected chi connectivity index (χ0v) is 24.1. The second-order valence-electron chi connectivity index (χ2n) is 12.5. The highest BCUT2D eigenvalue weighted by molar-refractivity contribution is 7.86. The lowest BCUT2D eigenvalue weighted by molar-refractivity contribution is 0.112. The molecule has 6 heteroatoms. The van der Waals surface area contributed by atoms with Crippen molar-refractivity contribution in [1.82, 2.24) is 0 Å². The Bertz CT molecular complexity index is 1920. The molecule has 0 bridgehead atoms. The van der Waals surface area contributed by atoms with E-state index in [0.717, 1.165) is 50.1 Å². The van der Waals surface area contributed by atoms with Gasteiger partial charge in [0, 0.05) is 27.3 Å². The molecule has 0 atom stereocenters. The fourth-order valence-corrected chi connectivity index (χ4v) is 7.18. The minimum atomic E-state index is -4.25. The standard InChI is InChI=1S/C34H32O5S/c1-20-14-33(2,3)15-22-10-30-28(12-26(20)22)32(25-9-7-6-8-21(25)18-35)29-13-27-23(11-31(29)39-30)16-34(4,5)17-24(27)19-40(36,37)38/h6-15,17-18H,16,19H2,1-5H3,(H,36,37,38). The second-order valence-corrected chi connectivity index (χ2v) is 13.9. The molecule has 6 rings (SSSR count). The molecule has 1 aliphatic heterocycles. The highest BCUT2D eigenvalue weighted by atomic mass is 32.2. The molecule has 0 aromatic heterocycles. The molecule has 1 heterocycles. The van der Waals surface area contributed by atoms with Crippen molar-refractivity contribution in [3.63, 3.8) is 0 Å². The van der Waals surface area contributed by atoms with E-state index in [1.54, 1.807) is 6.07 Å². The lowest BCUT2D eigenvalue weighted by Crippen LogP contribution is -2.27. The smallest absolute Gasteiger partial charge is 0.269 e. The van der Waals surface area contributed by atoms with Crippen LogP contribution >= 0.6 is 0 Å². The third-order valence-corrected chi connectivity index (χ3v) is 8.58. The number of carbonyl (C=O) groups excluding carboxylic acids is 1. The zero-order chi connectivity index (χ0) is 28.6. The van der Waals surface area contributed by atoms with Crippen molar-refractivity contribution in [1.29, 1.82) is 0 Å². The second kappa shape index (κ2) is 8.88. The summed E-state index contributed by atoms with van der Waals surface area (Å²) in [6.45, 7) is 10.6. The van der Waals surface area contributed by atoms with E-state index in [-0.39, 0.29) is 10.8 Å². The third kappa shape index (κ3) is 4.65. The van der Waals surface area contributed by atoms with E-state index in [2.05, 4.69) is 45.1 Å². The van der Waals surface area contributed by atoms with Crippen molar-refractivity contribution in [2.45, 2.75) is 41.0 Å². The van der Waals surface area contributed by atoms with Gasteiger partial charge in [-0.25, -0.2) is 0 Å². The van der Waals surface area contributed by atoms with E-state index < -0.39 is 15.9 Å². The van der Waals surface area contributed by atoms with Crippen LogP contribution in [0.2, 0.25) is 0 Å². The van der Waals surface area contributed by atoms with Gasteiger partial charge in [-0.2, -0.15) is 8.42 Å². The Morgan fingerprint density at radius 2 is 1.65 bits per heavy atom. The molecule has 0 saturated heterocycles. The Balaban J connectivity index is 1.71. The Kier molecular flexibility index (Phi) is 5.88.